The van der Waals surface area contributed by atoms with Gasteiger partial charge in [0.2, 0.25) is 0 Å². The predicted octanol–water partition coefficient (Wildman–Crippen LogP) is 1.22. The summed E-state index contributed by atoms with van der Waals surface area (Å²) in [7, 11) is 0. The van der Waals surface area contributed by atoms with Gasteiger partial charge in [-0.05, 0) is 47.1 Å². The maximum absolute atomic E-state index is 9.94. The molecule has 1 fully saturated rings. The molecule has 0 aliphatic carbocycles. The molecular formula is C12H26N2O. The smallest absolute Gasteiger partial charge is 0.0746 e. The molecule has 0 amide bonds. The highest BCUT2D eigenvalue weighted by Crippen LogP contribution is 2.19. The van der Waals surface area contributed by atoms with Crippen molar-refractivity contribution in [1.29, 1.82) is 0 Å². The topological polar surface area (TPSA) is 35.5 Å². The summed E-state index contributed by atoms with van der Waals surface area (Å²) in [5.74, 6) is 0. The van der Waals surface area contributed by atoms with Gasteiger partial charge in [-0.15, -0.1) is 0 Å². The number of hydrogen-bond donors (Lipinski definition) is 2. The van der Waals surface area contributed by atoms with Gasteiger partial charge in [0, 0.05) is 25.2 Å². The van der Waals surface area contributed by atoms with E-state index in [0.29, 0.717) is 0 Å². The van der Waals surface area contributed by atoms with Crippen LogP contribution in [0.5, 0.6) is 0 Å². The van der Waals surface area contributed by atoms with Crippen LogP contribution in [0.2, 0.25) is 0 Å². The molecule has 3 nitrogen and oxygen atoms in total. The van der Waals surface area contributed by atoms with E-state index in [0.717, 1.165) is 39.0 Å². The van der Waals surface area contributed by atoms with E-state index in [9.17, 15) is 5.11 Å². The average molecular weight is 214 g/mol. The van der Waals surface area contributed by atoms with E-state index in [1.807, 2.05) is 6.92 Å². The number of nitrogens with zero attached hydrogens (tertiary/aromatic N) is 1. The molecule has 0 spiro atoms. The molecule has 1 heterocycles. The molecule has 0 bridgehead atoms. The Morgan fingerprint density at radius 2 is 2.07 bits per heavy atom. The summed E-state index contributed by atoms with van der Waals surface area (Å²) in [6, 6.07) is 0. The van der Waals surface area contributed by atoms with Crippen molar-refractivity contribution in [2.45, 2.75) is 51.7 Å². The first-order chi connectivity index (χ1) is 6.79. The summed E-state index contributed by atoms with van der Waals surface area (Å²) in [4.78, 5) is 2.35. The normalized spacial score (nSPS) is 29.4. The van der Waals surface area contributed by atoms with Gasteiger partial charge in [-0.2, -0.15) is 0 Å². The van der Waals surface area contributed by atoms with Crippen LogP contribution in [0.25, 0.3) is 0 Å². The molecule has 1 rings (SSSR count). The number of aliphatic hydroxyl groups is 1. The van der Waals surface area contributed by atoms with Gasteiger partial charge in [-0.25, -0.2) is 0 Å². The predicted molar refractivity (Wildman–Crippen MR) is 64.1 cm³/mol. The monoisotopic (exact) mass is 214 g/mol. The molecule has 0 aromatic carbocycles. The van der Waals surface area contributed by atoms with Crippen molar-refractivity contribution in [3.05, 3.63) is 0 Å². The lowest BCUT2D eigenvalue weighted by Gasteiger charge is -2.37. The molecule has 0 radical (unpaired) electrons. The molecule has 15 heavy (non-hydrogen) atoms. The van der Waals surface area contributed by atoms with Gasteiger partial charge in [-0.3, -0.25) is 4.90 Å². The van der Waals surface area contributed by atoms with Crippen molar-refractivity contribution >= 4 is 0 Å². The van der Waals surface area contributed by atoms with Gasteiger partial charge < -0.3 is 10.4 Å². The summed E-state index contributed by atoms with van der Waals surface area (Å²) in [5.41, 5.74) is -0.279. The summed E-state index contributed by atoms with van der Waals surface area (Å²) >= 11 is 0. The zero-order valence-corrected chi connectivity index (χ0v) is 10.6. The van der Waals surface area contributed by atoms with Crippen LogP contribution in [0.4, 0.5) is 0 Å². The molecule has 3 heteroatoms. The zero-order valence-electron chi connectivity index (χ0n) is 10.6. The lowest BCUT2D eigenvalue weighted by Crippen LogP contribution is -2.49. The second-order valence-corrected chi connectivity index (χ2v) is 6.05. The van der Waals surface area contributed by atoms with Crippen LogP contribution in [-0.4, -0.2) is 47.3 Å². The van der Waals surface area contributed by atoms with Crippen LogP contribution in [0, 0.1) is 0 Å². The van der Waals surface area contributed by atoms with E-state index in [1.54, 1.807) is 0 Å². The fourth-order valence-corrected chi connectivity index (χ4v) is 2.10. The van der Waals surface area contributed by atoms with Crippen LogP contribution in [0.1, 0.15) is 40.5 Å². The second kappa shape index (κ2) is 4.81. The van der Waals surface area contributed by atoms with E-state index in [-0.39, 0.29) is 5.54 Å². The molecule has 1 aliphatic rings. The standard InChI is InChI=1S/C12H26N2O/c1-11(2,3)13-7-9-14-8-5-6-12(4,15)10-14/h13,15H,5-10H2,1-4H3. The minimum atomic E-state index is -0.472. The van der Waals surface area contributed by atoms with Gasteiger partial charge in [-0.1, -0.05) is 0 Å². The first-order valence-corrected chi connectivity index (χ1v) is 5.98. The van der Waals surface area contributed by atoms with Crippen molar-refractivity contribution in [1.82, 2.24) is 10.2 Å². The van der Waals surface area contributed by atoms with Crippen molar-refractivity contribution in [3.63, 3.8) is 0 Å². The van der Waals surface area contributed by atoms with Crippen molar-refractivity contribution < 1.29 is 5.11 Å². The summed E-state index contributed by atoms with van der Waals surface area (Å²) in [6.45, 7) is 12.5. The Hall–Kier alpha value is -0.120. The second-order valence-electron chi connectivity index (χ2n) is 6.05. The minimum absolute atomic E-state index is 0.193. The molecule has 1 atom stereocenters. The largest absolute Gasteiger partial charge is 0.389 e. The Bertz CT molecular complexity index is 196. The summed E-state index contributed by atoms with van der Waals surface area (Å²) < 4.78 is 0. The van der Waals surface area contributed by atoms with Crippen LogP contribution in [0.3, 0.4) is 0 Å². The number of hydrogen-bond acceptors (Lipinski definition) is 3. The Labute approximate surface area is 93.9 Å². The van der Waals surface area contributed by atoms with Crippen molar-refractivity contribution in [2.24, 2.45) is 0 Å². The third-order valence-electron chi connectivity index (χ3n) is 2.84. The molecule has 0 aromatic rings. The first kappa shape index (κ1) is 12.9. The SMILES string of the molecule is CC1(O)CCCN(CCNC(C)(C)C)C1. The highest BCUT2D eigenvalue weighted by molar-refractivity contribution is 4.83. The third kappa shape index (κ3) is 5.50. The average Bonchev–Trinajstić information content (AvgIpc) is 1.99. The molecule has 2 N–H and O–H groups in total. The number of likely N-dealkylation sites (tertiary alicyclic amines) is 1. The number of rotatable bonds is 3. The van der Waals surface area contributed by atoms with Gasteiger partial charge in [0.1, 0.15) is 0 Å². The van der Waals surface area contributed by atoms with Gasteiger partial charge in [0.25, 0.3) is 0 Å². The highest BCUT2D eigenvalue weighted by Gasteiger charge is 2.27. The lowest BCUT2D eigenvalue weighted by molar-refractivity contribution is -0.0152. The van der Waals surface area contributed by atoms with Crippen LogP contribution >= 0.6 is 0 Å². The summed E-state index contributed by atoms with van der Waals surface area (Å²) in [5, 5.41) is 13.4. The van der Waals surface area contributed by atoms with Crippen LogP contribution < -0.4 is 5.32 Å². The van der Waals surface area contributed by atoms with E-state index < -0.39 is 5.60 Å². The van der Waals surface area contributed by atoms with Gasteiger partial charge in [0.15, 0.2) is 0 Å². The molecule has 0 saturated carbocycles. The van der Waals surface area contributed by atoms with Crippen molar-refractivity contribution in [3.8, 4) is 0 Å². The third-order valence-corrected chi connectivity index (χ3v) is 2.84. The Balaban J connectivity index is 2.22. The molecule has 1 aliphatic heterocycles. The number of β-amino-alcohol motifs (C(OH)–C–C–N with tert-alkyl or cyclic N) is 1. The van der Waals surface area contributed by atoms with E-state index >= 15 is 0 Å². The molecule has 90 valence electrons. The van der Waals surface area contributed by atoms with Gasteiger partial charge in [0.05, 0.1) is 5.60 Å². The maximum atomic E-state index is 9.94. The fraction of sp³-hybridized carbons (Fsp3) is 1.00. The van der Waals surface area contributed by atoms with E-state index in [1.165, 1.54) is 0 Å². The Morgan fingerprint density at radius 1 is 1.40 bits per heavy atom. The quantitative estimate of drug-likeness (QED) is 0.741. The molecule has 1 unspecified atom stereocenters. The highest BCUT2D eigenvalue weighted by atomic mass is 16.3. The molecule has 1 saturated heterocycles. The van der Waals surface area contributed by atoms with E-state index in [4.69, 9.17) is 0 Å². The minimum Gasteiger partial charge on any atom is -0.389 e. The Kier molecular flexibility index (Phi) is 4.15. The zero-order chi connectivity index (χ0) is 11.5. The Morgan fingerprint density at radius 3 is 2.60 bits per heavy atom. The fourth-order valence-electron chi connectivity index (χ4n) is 2.10. The van der Waals surface area contributed by atoms with Crippen LogP contribution in [0.15, 0.2) is 0 Å². The van der Waals surface area contributed by atoms with Gasteiger partial charge >= 0.3 is 0 Å². The first-order valence-electron chi connectivity index (χ1n) is 5.98. The molecular weight excluding hydrogens is 188 g/mol. The lowest BCUT2D eigenvalue weighted by atomic mass is 9.95. The van der Waals surface area contributed by atoms with E-state index in [2.05, 4.69) is 31.0 Å². The maximum Gasteiger partial charge on any atom is 0.0746 e. The van der Waals surface area contributed by atoms with Crippen molar-refractivity contribution in [2.75, 3.05) is 26.2 Å². The summed E-state index contributed by atoms with van der Waals surface area (Å²) in [6.07, 6.45) is 2.05. The molecule has 0 aromatic heterocycles. The number of nitrogens with one attached hydrogen (secondary N) is 1. The number of piperidine rings is 1. The van der Waals surface area contributed by atoms with Crippen LogP contribution in [-0.2, 0) is 0 Å².